The number of aromatic nitrogens is 3. The van der Waals surface area contributed by atoms with Gasteiger partial charge in [-0.05, 0) is 41.8 Å². The number of fused-ring (bicyclic) bond motifs is 1. The summed E-state index contributed by atoms with van der Waals surface area (Å²) in [5.74, 6) is -1.80. The van der Waals surface area contributed by atoms with E-state index in [9.17, 15) is 48.4 Å². The Hall–Kier alpha value is -4.01. The molecule has 0 aliphatic heterocycles. The van der Waals surface area contributed by atoms with Crippen molar-refractivity contribution in [1.82, 2.24) is 15.0 Å². The maximum absolute atomic E-state index is 14.2. The number of hydrogen-bond donors (Lipinski definition) is 6. The lowest BCUT2D eigenvalue weighted by atomic mass is 10.1. The van der Waals surface area contributed by atoms with Gasteiger partial charge < -0.3 is 15.7 Å². The predicted molar refractivity (Wildman–Crippen MR) is 128 cm³/mol. The van der Waals surface area contributed by atoms with Gasteiger partial charge in [0.05, 0.1) is 20.4 Å². The van der Waals surface area contributed by atoms with Gasteiger partial charge in [-0.3, -0.25) is 13.7 Å². The van der Waals surface area contributed by atoms with Gasteiger partial charge in [0.25, 0.3) is 30.4 Å². The Morgan fingerprint density at radius 2 is 1.24 bits per heavy atom. The van der Waals surface area contributed by atoms with Crippen molar-refractivity contribution in [2.75, 3.05) is 10.6 Å². The summed E-state index contributed by atoms with van der Waals surface area (Å²) in [6, 6.07) is 7.80. The third-order valence-electron chi connectivity index (χ3n) is 4.81. The molecule has 0 radical (unpaired) electrons. The fourth-order valence-electron chi connectivity index (χ4n) is 3.28. The molecule has 0 spiro atoms. The molecule has 0 saturated heterocycles. The molecule has 15 nitrogen and oxygen atoms in total. The van der Waals surface area contributed by atoms with E-state index in [0.29, 0.717) is 6.07 Å². The van der Waals surface area contributed by atoms with Crippen molar-refractivity contribution in [3.05, 3.63) is 54.6 Å². The van der Waals surface area contributed by atoms with E-state index in [1.165, 1.54) is 12.1 Å². The Bertz CT molecular complexity index is 1930. The van der Waals surface area contributed by atoms with Crippen molar-refractivity contribution in [2.24, 2.45) is 0 Å². The minimum absolute atomic E-state index is 0.0193. The van der Waals surface area contributed by atoms with Gasteiger partial charge in [0.15, 0.2) is 0 Å². The fraction of sp³-hybridized carbons (Fsp3) is 0. The number of nitrogens with zero attached hydrogens (tertiary/aromatic N) is 3. The van der Waals surface area contributed by atoms with Crippen molar-refractivity contribution in [2.45, 2.75) is 14.7 Å². The van der Waals surface area contributed by atoms with Gasteiger partial charge in [0.1, 0.15) is 5.75 Å². The molecule has 0 atom stereocenters. The molecular formula is C19H14FN5O10S3. The molecule has 0 fully saturated rings. The number of hydrogen-bond acceptors (Lipinski definition) is 12. The zero-order valence-electron chi connectivity index (χ0n) is 18.3. The van der Waals surface area contributed by atoms with Crippen LogP contribution in [0, 0.1) is 6.08 Å². The third kappa shape index (κ3) is 5.93. The molecule has 0 bridgehead atoms. The third-order valence-corrected chi connectivity index (χ3v) is 7.33. The van der Waals surface area contributed by atoms with Crippen LogP contribution in [0.2, 0.25) is 0 Å². The quantitative estimate of drug-likeness (QED) is 0.169. The number of benzene rings is 3. The Balaban J connectivity index is 1.82. The zero-order chi connectivity index (χ0) is 28.0. The normalized spacial score (nSPS) is 12.4. The van der Waals surface area contributed by atoms with Crippen LogP contribution in [0.15, 0.2) is 63.2 Å². The van der Waals surface area contributed by atoms with Crippen molar-refractivity contribution < 1.29 is 48.4 Å². The summed E-state index contributed by atoms with van der Waals surface area (Å²) in [5.41, 5.74) is -0.315. The van der Waals surface area contributed by atoms with E-state index in [-0.39, 0.29) is 22.1 Å². The van der Waals surface area contributed by atoms with Crippen molar-refractivity contribution in [3.63, 3.8) is 0 Å². The molecule has 0 aliphatic rings. The summed E-state index contributed by atoms with van der Waals surface area (Å²) in [4.78, 5) is 8.65. The maximum Gasteiger partial charge on any atom is 0.315 e. The Morgan fingerprint density at radius 3 is 1.82 bits per heavy atom. The molecule has 38 heavy (non-hydrogen) atoms. The molecule has 6 N–H and O–H groups in total. The van der Waals surface area contributed by atoms with Gasteiger partial charge >= 0.3 is 6.08 Å². The summed E-state index contributed by atoms with van der Waals surface area (Å²) >= 11 is 0. The number of anilines is 4. The second kappa shape index (κ2) is 9.38. The van der Waals surface area contributed by atoms with Gasteiger partial charge in [-0.25, -0.2) is 0 Å². The molecular weight excluding hydrogens is 573 g/mol. The highest BCUT2D eigenvalue weighted by atomic mass is 32.2. The molecule has 0 unspecified atom stereocenters. The second-order valence-corrected chi connectivity index (χ2v) is 11.7. The average Bonchev–Trinajstić information content (AvgIpc) is 2.76. The first kappa shape index (κ1) is 27.0. The van der Waals surface area contributed by atoms with Crippen molar-refractivity contribution >= 4 is 64.4 Å². The van der Waals surface area contributed by atoms with Gasteiger partial charge in [0, 0.05) is 17.1 Å². The zero-order valence-corrected chi connectivity index (χ0v) is 20.8. The van der Waals surface area contributed by atoms with Crippen LogP contribution in [0.25, 0.3) is 10.8 Å². The highest BCUT2D eigenvalue weighted by Gasteiger charge is 2.21. The molecule has 1 aromatic heterocycles. The first-order valence-corrected chi connectivity index (χ1v) is 14.1. The smallest absolute Gasteiger partial charge is 0.315 e. The summed E-state index contributed by atoms with van der Waals surface area (Å²) in [6.45, 7) is 0. The van der Waals surface area contributed by atoms with Crippen LogP contribution < -0.4 is 10.6 Å². The number of phenolic OH excluding ortho intramolecular Hbond substituents is 1. The summed E-state index contributed by atoms with van der Waals surface area (Å²) in [7, 11) is -14.3. The van der Waals surface area contributed by atoms with E-state index >= 15 is 0 Å². The lowest BCUT2D eigenvalue weighted by molar-refractivity contribution is 0.471. The number of halogens is 1. The van der Waals surface area contributed by atoms with E-state index in [2.05, 4.69) is 25.6 Å². The minimum Gasteiger partial charge on any atom is -0.507 e. The molecule has 0 amide bonds. The van der Waals surface area contributed by atoms with Crippen LogP contribution >= 0.6 is 0 Å². The van der Waals surface area contributed by atoms with Crippen LogP contribution in [-0.4, -0.2) is 59.0 Å². The molecule has 0 saturated carbocycles. The molecule has 1 heterocycles. The Morgan fingerprint density at radius 1 is 0.684 bits per heavy atom. The standard InChI is InChI=1S/C19H14FN5O10S3/c20-17-23-18(21-10-2-1-3-11(6-10)36(27,28)29)25-19(24-17)22-14-7-12(37(30,31)32)4-9-5-13(38(33,34)35)8-15(26)16(9)14/h1-8,26H,(H,27,28,29)(H,30,31,32)(H,33,34,35)(H2,21,22,23,24,25). The monoisotopic (exact) mass is 587 g/mol. The highest BCUT2D eigenvalue weighted by molar-refractivity contribution is 7.86. The van der Waals surface area contributed by atoms with Gasteiger partial charge in [-0.2, -0.15) is 44.6 Å². The summed E-state index contributed by atoms with van der Waals surface area (Å²) < 4.78 is 112. The van der Waals surface area contributed by atoms with E-state index in [0.717, 1.165) is 30.3 Å². The lowest BCUT2D eigenvalue weighted by Gasteiger charge is -2.13. The first-order valence-electron chi connectivity index (χ1n) is 9.80. The molecule has 4 aromatic rings. The lowest BCUT2D eigenvalue weighted by Crippen LogP contribution is -2.08. The number of phenols is 1. The first-order chi connectivity index (χ1) is 17.5. The van der Waals surface area contributed by atoms with E-state index in [4.69, 9.17) is 0 Å². The van der Waals surface area contributed by atoms with E-state index in [1.807, 2.05) is 0 Å². The Labute approximate surface area is 213 Å². The number of nitrogens with one attached hydrogen (secondary N) is 2. The average molecular weight is 588 g/mol. The van der Waals surface area contributed by atoms with Gasteiger partial charge in [-0.1, -0.05) is 6.07 Å². The number of rotatable bonds is 7. The molecule has 19 heteroatoms. The van der Waals surface area contributed by atoms with Crippen LogP contribution in [0.3, 0.4) is 0 Å². The van der Waals surface area contributed by atoms with Crippen LogP contribution in [-0.2, 0) is 30.4 Å². The van der Waals surface area contributed by atoms with Crippen LogP contribution in [0.1, 0.15) is 0 Å². The van der Waals surface area contributed by atoms with Crippen LogP contribution in [0.5, 0.6) is 5.75 Å². The van der Waals surface area contributed by atoms with E-state index < -0.39 is 68.8 Å². The fourth-order valence-corrected chi connectivity index (χ4v) is 4.89. The number of aromatic hydroxyl groups is 1. The minimum atomic E-state index is -4.89. The largest absolute Gasteiger partial charge is 0.507 e. The predicted octanol–water partition coefficient (Wildman–Crippen LogP) is 2.10. The van der Waals surface area contributed by atoms with Crippen molar-refractivity contribution in [1.29, 1.82) is 0 Å². The maximum atomic E-state index is 14.2. The summed E-state index contributed by atoms with van der Waals surface area (Å²) in [6.07, 6.45) is -1.36. The second-order valence-electron chi connectivity index (χ2n) is 7.47. The molecule has 200 valence electrons. The van der Waals surface area contributed by atoms with Crippen molar-refractivity contribution in [3.8, 4) is 5.75 Å². The summed E-state index contributed by atoms with van der Waals surface area (Å²) in [5, 5.41) is 14.9. The van der Waals surface area contributed by atoms with Gasteiger partial charge in [-0.15, -0.1) is 0 Å². The molecule has 3 aromatic carbocycles. The SMILES string of the molecule is O=S(=O)(O)c1cccc(Nc2nc(F)nc(Nc3cc(S(=O)(=O)O)cc4cc(S(=O)(=O)O)cc(O)c34)n2)c1. The topological polar surface area (TPSA) is 246 Å². The van der Waals surface area contributed by atoms with Gasteiger partial charge in [0.2, 0.25) is 11.9 Å². The van der Waals surface area contributed by atoms with E-state index in [1.54, 1.807) is 0 Å². The Kier molecular flexibility index (Phi) is 6.67. The molecule has 4 rings (SSSR count). The highest BCUT2D eigenvalue weighted by Crippen LogP contribution is 2.37. The molecule has 0 aliphatic carbocycles. The van der Waals surface area contributed by atoms with Crippen LogP contribution in [0.4, 0.5) is 27.7 Å².